The monoisotopic (exact) mass is 199 g/mol. The van der Waals surface area contributed by atoms with Crippen LogP contribution in [0, 0.1) is 5.92 Å². The van der Waals surface area contributed by atoms with Crippen LogP contribution in [0.15, 0.2) is 0 Å². The van der Waals surface area contributed by atoms with Crippen LogP contribution in [0.5, 0.6) is 0 Å². The summed E-state index contributed by atoms with van der Waals surface area (Å²) >= 11 is 0. The summed E-state index contributed by atoms with van der Waals surface area (Å²) in [4.78, 5) is 34.2. The fourth-order valence-corrected chi connectivity index (χ4v) is 1.08. The fraction of sp³-hybridized carbons (Fsp3) is 0.625. The van der Waals surface area contributed by atoms with Gasteiger partial charge < -0.3 is 5.73 Å². The Morgan fingerprint density at radius 1 is 1.50 bits per heavy atom. The lowest BCUT2D eigenvalue weighted by atomic mass is 10.0. The summed E-state index contributed by atoms with van der Waals surface area (Å²) in [5, 5.41) is 2.01. The van der Waals surface area contributed by atoms with Crippen molar-refractivity contribution in [2.24, 2.45) is 11.7 Å². The molecule has 0 aromatic rings. The fourth-order valence-electron chi connectivity index (χ4n) is 1.08. The van der Waals surface area contributed by atoms with Crippen LogP contribution in [0.3, 0.4) is 0 Å². The Bertz CT molecular complexity index is 288. The van der Waals surface area contributed by atoms with Crippen molar-refractivity contribution in [2.75, 3.05) is 6.54 Å². The molecule has 6 nitrogen and oxygen atoms in total. The molecule has 0 saturated carbocycles. The van der Waals surface area contributed by atoms with Crippen molar-refractivity contribution in [1.29, 1.82) is 0 Å². The number of carbonyl (C=O) groups excluding carboxylic acids is 3. The van der Waals surface area contributed by atoms with Crippen LogP contribution in [0.2, 0.25) is 0 Å². The number of rotatable bonds is 2. The molecule has 1 fully saturated rings. The largest absolute Gasteiger partial charge is 0.331 e. The highest BCUT2D eigenvalue weighted by Crippen LogP contribution is 2.06. The number of hydrogen-bond acceptors (Lipinski definition) is 4. The summed E-state index contributed by atoms with van der Waals surface area (Å²) in [5.41, 5.74) is 5.56. The summed E-state index contributed by atoms with van der Waals surface area (Å²) < 4.78 is 0. The van der Waals surface area contributed by atoms with E-state index in [0.717, 1.165) is 4.90 Å². The lowest BCUT2D eigenvalue weighted by molar-refractivity contribution is -0.132. The molecule has 1 atom stereocenters. The average Bonchev–Trinajstić information content (AvgIpc) is 2.42. The zero-order valence-corrected chi connectivity index (χ0v) is 8.11. The quantitative estimate of drug-likeness (QED) is 0.561. The molecular weight excluding hydrogens is 186 g/mol. The molecular formula is C8H13N3O3. The first-order chi connectivity index (χ1) is 6.43. The van der Waals surface area contributed by atoms with E-state index < -0.39 is 23.9 Å². The van der Waals surface area contributed by atoms with E-state index in [1.165, 1.54) is 0 Å². The molecule has 1 rings (SSSR count). The number of nitrogens with two attached hydrogens (primary N) is 1. The Labute approximate surface area is 81.4 Å². The van der Waals surface area contributed by atoms with Gasteiger partial charge in [-0.25, -0.2) is 4.79 Å². The van der Waals surface area contributed by atoms with E-state index >= 15 is 0 Å². The standard InChI is InChI=1S/C8H13N3O3/c1-4(2)6(9)7(13)11-3-5(12)10-8(11)14/h4,6H,3,9H2,1-2H3,(H,10,12,14). The van der Waals surface area contributed by atoms with E-state index in [9.17, 15) is 14.4 Å². The van der Waals surface area contributed by atoms with Crippen LogP contribution >= 0.6 is 0 Å². The third-order valence-electron chi connectivity index (χ3n) is 2.06. The SMILES string of the molecule is CC(C)C(N)C(=O)N1CC(=O)NC1=O. The highest BCUT2D eigenvalue weighted by atomic mass is 16.2. The van der Waals surface area contributed by atoms with Crippen LogP contribution in [-0.2, 0) is 9.59 Å². The minimum Gasteiger partial charge on any atom is -0.320 e. The number of nitrogens with one attached hydrogen (secondary N) is 1. The molecule has 14 heavy (non-hydrogen) atoms. The third kappa shape index (κ3) is 1.90. The molecule has 0 aromatic carbocycles. The van der Waals surface area contributed by atoms with Crippen LogP contribution in [0.25, 0.3) is 0 Å². The van der Waals surface area contributed by atoms with Gasteiger partial charge in [0, 0.05) is 0 Å². The number of nitrogens with zero attached hydrogens (tertiary/aromatic N) is 1. The van der Waals surface area contributed by atoms with E-state index in [2.05, 4.69) is 0 Å². The van der Waals surface area contributed by atoms with Gasteiger partial charge in [-0.05, 0) is 5.92 Å². The highest BCUT2D eigenvalue weighted by Gasteiger charge is 2.35. The second-order valence-corrected chi connectivity index (χ2v) is 3.55. The van der Waals surface area contributed by atoms with Gasteiger partial charge in [-0.2, -0.15) is 0 Å². The summed E-state index contributed by atoms with van der Waals surface area (Å²) in [7, 11) is 0. The van der Waals surface area contributed by atoms with E-state index in [1.54, 1.807) is 13.8 Å². The second kappa shape index (κ2) is 3.75. The van der Waals surface area contributed by atoms with E-state index in [1.807, 2.05) is 5.32 Å². The van der Waals surface area contributed by atoms with Crippen molar-refractivity contribution < 1.29 is 14.4 Å². The maximum absolute atomic E-state index is 11.5. The summed E-state index contributed by atoms with van der Waals surface area (Å²) in [6.07, 6.45) is 0. The van der Waals surface area contributed by atoms with E-state index in [-0.39, 0.29) is 12.5 Å². The zero-order valence-electron chi connectivity index (χ0n) is 8.11. The van der Waals surface area contributed by atoms with Crippen molar-refractivity contribution in [3.8, 4) is 0 Å². The van der Waals surface area contributed by atoms with E-state index in [4.69, 9.17) is 5.73 Å². The lowest BCUT2D eigenvalue weighted by Gasteiger charge is -2.19. The number of amides is 4. The second-order valence-electron chi connectivity index (χ2n) is 3.55. The Morgan fingerprint density at radius 2 is 2.07 bits per heavy atom. The molecule has 0 aliphatic carbocycles. The van der Waals surface area contributed by atoms with Gasteiger partial charge in [-0.15, -0.1) is 0 Å². The van der Waals surface area contributed by atoms with Crippen LogP contribution in [-0.4, -0.2) is 35.3 Å². The number of imide groups is 2. The molecule has 78 valence electrons. The molecule has 1 unspecified atom stereocenters. The van der Waals surface area contributed by atoms with Crippen LogP contribution in [0.4, 0.5) is 4.79 Å². The van der Waals surface area contributed by atoms with Gasteiger partial charge in [0.2, 0.25) is 11.8 Å². The topological polar surface area (TPSA) is 92.5 Å². The third-order valence-corrected chi connectivity index (χ3v) is 2.06. The number of urea groups is 1. The van der Waals surface area contributed by atoms with Gasteiger partial charge in [-0.1, -0.05) is 13.8 Å². The van der Waals surface area contributed by atoms with E-state index in [0.29, 0.717) is 0 Å². The first-order valence-electron chi connectivity index (χ1n) is 4.34. The average molecular weight is 199 g/mol. The molecule has 0 bridgehead atoms. The molecule has 3 N–H and O–H groups in total. The number of hydrogen-bond donors (Lipinski definition) is 2. The van der Waals surface area contributed by atoms with Crippen molar-refractivity contribution in [3.63, 3.8) is 0 Å². The van der Waals surface area contributed by atoms with Crippen LogP contribution in [0.1, 0.15) is 13.8 Å². The van der Waals surface area contributed by atoms with Gasteiger partial charge >= 0.3 is 6.03 Å². The Morgan fingerprint density at radius 3 is 2.43 bits per heavy atom. The van der Waals surface area contributed by atoms with Gasteiger partial charge in [0.1, 0.15) is 6.54 Å². The van der Waals surface area contributed by atoms with Gasteiger partial charge in [-0.3, -0.25) is 19.8 Å². The molecule has 6 heteroatoms. The molecule has 0 spiro atoms. The molecule has 0 radical (unpaired) electrons. The molecule has 0 aromatic heterocycles. The van der Waals surface area contributed by atoms with Crippen molar-refractivity contribution in [1.82, 2.24) is 10.2 Å². The lowest BCUT2D eigenvalue weighted by Crippen LogP contribution is -2.47. The smallest absolute Gasteiger partial charge is 0.320 e. The molecule has 1 aliphatic rings. The maximum Gasteiger partial charge on any atom is 0.331 e. The summed E-state index contributed by atoms with van der Waals surface area (Å²) in [6.45, 7) is 3.33. The molecule has 4 amide bonds. The molecule has 1 heterocycles. The van der Waals surface area contributed by atoms with Gasteiger partial charge in [0.05, 0.1) is 6.04 Å². The predicted molar refractivity (Wildman–Crippen MR) is 48.1 cm³/mol. The van der Waals surface area contributed by atoms with Gasteiger partial charge in [0.15, 0.2) is 0 Å². The Balaban J connectivity index is 2.70. The first-order valence-corrected chi connectivity index (χ1v) is 4.34. The molecule has 1 aliphatic heterocycles. The highest BCUT2D eigenvalue weighted by molar-refractivity contribution is 6.10. The maximum atomic E-state index is 11.5. The van der Waals surface area contributed by atoms with Crippen molar-refractivity contribution in [2.45, 2.75) is 19.9 Å². The Hall–Kier alpha value is -1.43. The van der Waals surface area contributed by atoms with Crippen LogP contribution < -0.4 is 11.1 Å². The predicted octanol–water partition coefficient (Wildman–Crippen LogP) is -0.952. The van der Waals surface area contributed by atoms with Gasteiger partial charge in [0.25, 0.3) is 0 Å². The first kappa shape index (κ1) is 10.6. The minimum atomic E-state index is -0.744. The summed E-state index contributed by atoms with van der Waals surface area (Å²) in [5.74, 6) is -1.05. The Kier molecular flexibility index (Phi) is 2.85. The van der Waals surface area contributed by atoms with Crippen molar-refractivity contribution >= 4 is 17.8 Å². The molecule has 1 saturated heterocycles. The van der Waals surface area contributed by atoms with Crippen molar-refractivity contribution in [3.05, 3.63) is 0 Å². The number of carbonyl (C=O) groups is 3. The zero-order chi connectivity index (χ0) is 10.9. The normalized spacial score (nSPS) is 18.7. The summed E-state index contributed by atoms with van der Waals surface area (Å²) in [6, 6.07) is -1.43. The minimum absolute atomic E-state index is 0.0639.